The van der Waals surface area contributed by atoms with Gasteiger partial charge in [0.05, 0.1) is 11.5 Å². The van der Waals surface area contributed by atoms with E-state index in [1.165, 1.54) is 6.07 Å². The molecule has 0 N–H and O–H groups in total. The van der Waals surface area contributed by atoms with E-state index in [9.17, 15) is 14.9 Å². The Hall–Kier alpha value is -2.11. The maximum Gasteiger partial charge on any atom is 0.344 e. The number of nitrogens with zero attached hydrogens (tertiary/aromatic N) is 1. The van der Waals surface area contributed by atoms with Crippen molar-refractivity contribution in [3.05, 3.63) is 33.4 Å². The molecule has 0 heterocycles. The number of carbonyl (C=O) groups excluding carboxylic acids is 1. The molecule has 0 aliphatic heterocycles. The summed E-state index contributed by atoms with van der Waals surface area (Å²) in [6.45, 7) is 5.04. The number of hydrogen-bond donors (Lipinski definition) is 0. The molecule has 0 aliphatic rings. The van der Waals surface area contributed by atoms with E-state index in [-0.39, 0.29) is 24.7 Å². The van der Waals surface area contributed by atoms with E-state index in [4.69, 9.17) is 9.47 Å². The number of rotatable bonds is 5. The average Bonchev–Trinajstić information content (AvgIpc) is 2.27. The highest BCUT2D eigenvalue weighted by molar-refractivity contribution is 5.71. The minimum Gasteiger partial charge on any atom is -0.475 e. The van der Waals surface area contributed by atoms with Gasteiger partial charge < -0.3 is 9.47 Å². The zero-order chi connectivity index (χ0) is 13.7. The summed E-state index contributed by atoms with van der Waals surface area (Å²) >= 11 is 0. The average molecular weight is 253 g/mol. The number of hydrogen-bond acceptors (Lipinski definition) is 5. The van der Waals surface area contributed by atoms with Crippen molar-refractivity contribution >= 4 is 11.7 Å². The topological polar surface area (TPSA) is 78.7 Å². The smallest absolute Gasteiger partial charge is 0.344 e. The van der Waals surface area contributed by atoms with Crippen molar-refractivity contribution in [1.82, 2.24) is 0 Å². The Labute approximate surface area is 105 Å². The fraction of sp³-hybridized carbons (Fsp3) is 0.417. The molecule has 6 nitrogen and oxygen atoms in total. The lowest BCUT2D eigenvalue weighted by molar-refractivity contribution is -0.385. The summed E-state index contributed by atoms with van der Waals surface area (Å²) in [6, 6.07) is 3.17. The van der Waals surface area contributed by atoms with Crippen LogP contribution in [0.2, 0.25) is 0 Å². The SMILES string of the molecule is CCOC(=O)COc1c(C)cc(C)cc1[N+](=O)[O-]. The van der Waals surface area contributed by atoms with Gasteiger partial charge in [0.1, 0.15) is 0 Å². The van der Waals surface area contributed by atoms with Crippen molar-refractivity contribution in [2.75, 3.05) is 13.2 Å². The van der Waals surface area contributed by atoms with Gasteiger partial charge in [-0.3, -0.25) is 10.1 Å². The second-order valence-corrected chi connectivity index (χ2v) is 3.78. The van der Waals surface area contributed by atoms with Gasteiger partial charge in [-0.1, -0.05) is 6.07 Å². The molecular weight excluding hydrogens is 238 g/mol. The van der Waals surface area contributed by atoms with Gasteiger partial charge in [-0.05, 0) is 31.9 Å². The van der Waals surface area contributed by atoms with Crippen LogP contribution in [0.25, 0.3) is 0 Å². The molecule has 98 valence electrons. The summed E-state index contributed by atoms with van der Waals surface area (Å²) in [6.07, 6.45) is 0. The number of nitro benzene ring substituents is 1. The molecule has 1 rings (SSSR count). The van der Waals surface area contributed by atoms with Crippen LogP contribution in [0, 0.1) is 24.0 Å². The first-order chi connectivity index (χ1) is 8.45. The number of aryl methyl sites for hydroxylation is 2. The van der Waals surface area contributed by atoms with E-state index < -0.39 is 10.9 Å². The lowest BCUT2D eigenvalue weighted by atomic mass is 10.1. The highest BCUT2D eigenvalue weighted by atomic mass is 16.6. The predicted molar refractivity (Wildman–Crippen MR) is 64.7 cm³/mol. The first-order valence-electron chi connectivity index (χ1n) is 5.49. The molecule has 0 aromatic heterocycles. The van der Waals surface area contributed by atoms with E-state index in [1.54, 1.807) is 26.8 Å². The molecule has 0 unspecified atom stereocenters. The van der Waals surface area contributed by atoms with Crippen LogP contribution >= 0.6 is 0 Å². The summed E-state index contributed by atoms with van der Waals surface area (Å²) in [4.78, 5) is 21.5. The molecule has 0 saturated carbocycles. The van der Waals surface area contributed by atoms with E-state index in [2.05, 4.69) is 0 Å². The molecule has 18 heavy (non-hydrogen) atoms. The lowest BCUT2D eigenvalue weighted by Gasteiger charge is -2.09. The summed E-state index contributed by atoms with van der Waals surface area (Å²) in [5.41, 5.74) is 1.24. The second-order valence-electron chi connectivity index (χ2n) is 3.78. The zero-order valence-corrected chi connectivity index (χ0v) is 10.6. The second kappa shape index (κ2) is 6.00. The Morgan fingerprint density at radius 3 is 2.61 bits per heavy atom. The largest absolute Gasteiger partial charge is 0.475 e. The number of carbonyl (C=O) groups is 1. The Kier molecular flexibility index (Phi) is 4.65. The van der Waals surface area contributed by atoms with Crippen molar-refractivity contribution in [2.24, 2.45) is 0 Å². The molecule has 0 spiro atoms. The zero-order valence-electron chi connectivity index (χ0n) is 10.6. The summed E-state index contributed by atoms with van der Waals surface area (Å²) in [5, 5.41) is 10.9. The van der Waals surface area contributed by atoms with Gasteiger partial charge in [-0.25, -0.2) is 4.79 Å². The van der Waals surface area contributed by atoms with Crippen LogP contribution in [0.1, 0.15) is 18.1 Å². The van der Waals surface area contributed by atoms with Crippen LogP contribution < -0.4 is 4.74 Å². The molecule has 0 amide bonds. The van der Waals surface area contributed by atoms with Crippen LogP contribution in [-0.2, 0) is 9.53 Å². The fourth-order valence-electron chi connectivity index (χ4n) is 1.59. The quantitative estimate of drug-likeness (QED) is 0.456. The van der Waals surface area contributed by atoms with Gasteiger partial charge in [-0.15, -0.1) is 0 Å². The molecule has 0 radical (unpaired) electrons. The van der Waals surface area contributed by atoms with E-state index in [0.29, 0.717) is 5.56 Å². The van der Waals surface area contributed by atoms with Gasteiger partial charge in [0.25, 0.3) is 0 Å². The maximum atomic E-state index is 11.2. The van der Waals surface area contributed by atoms with Crippen LogP contribution in [-0.4, -0.2) is 24.1 Å². The van der Waals surface area contributed by atoms with Crippen LogP contribution in [0.4, 0.5) is 5.69 Å². The molecule has 0 bridgehead atoms. The Morgan fingerprint density at radius 2 is 2.06 bits per heavy atom. The highest BCUT2D eigenvalue weighted by Crippen LogP contribution is 2.31. The fourth-order valence-corrected chi connectivity index (χ4v) is 1.59. The van der Waals surface area contributed by atoms with Gasteiger partial charge >= 0.3 is 11.7 Å². The van der Waals surface area contributed by atoms with Crippen LogP contribution in [0.5, 0.6) is 5.75 Å². The standard InChI is InChI=1S/C12H15NO5/c1-4-17-11(14)7-18-12-9(3)5-8(2)6-10(12)13(15)16/h5-6H,4,7H2,1-3H3. The van der Waals surface area contributed by atoms with Crippen LogP contribution in [0.15, 0.2) is 12.1 Å². The third-order valence-corrected chi connectivity index (χ3v) is 2.24. The third-order valence-electron chi connectivity index (χ3n) is 2.24. The minimum absolute atomic E-state index is 0.110. The van der Waals surface area contributed by atoms with Crippen molar-refractivity contribution in [2.45, 2.75) is 20.8 Å². The first kappa shape index (κ1) is 14.0. The molecule has 6 heteroatoms. The Bertz CT molecular complexity index is 470. The lowest BCUT2D eigenvalue weighted by Crippen LogP contribution is -2.15. The van der Waals surface area contributed by atoms with E-state index >= 15 is 0 Å². The molecule has 0 saturated heterocycles. The molecule has 1 aromatic carbocycles. The van der Waals surface area contributed by atoms with E-state index in [1.807, 2.05) is 0 Å². The summed E-state index contributed by atoms with van der Waals surface area (Å²) < 4.78 is 9.88. The van der Waals surface area contributed by atoms with Crippen molar-refractivity contribution < 1.29 is 19.2 Å². The van der Waals surface area contributed by atoms with Gasteiger partial charge in [0, 0.05) is 6.07 Å². The normalized spacial score (nSPS) is 9.94. The first-order valence-corrected chi connectivity index (χ1v) is 5.49. The number of benzene rings is 1. The third kappa shape index (κ3) is 3.44. The molecular formula is C12H15NO5. The van der Waals surface area contributed by atoms with Crippen molar-refractivity contribution in [3.63, 3.8) is 0 Å². The Balaban J connectivity index is 2.93. The minimum atomic E-state index is -0.549. The molecule has 0 atom stereocenters. The van der Waals surface area contributed by atoms with Crippen LogP contribution in [0.3, 0.4) is 0 Å². The monoisotopic (exact) mass is 253 g/mol. The maximum absolute atomic E-state index is 11.2. The predicted octanol–water partition coefficient (Wildman–Crippen LogP) is 2.15. The number of esters is 1. The van der Waals surface area contributed by atoms with Crippen molar-refractivity contribution in [1.29, 1.82) is 0 Å². The molecule has 0 fully saturated rings. The number of ether oxygens (including phenoxy) is 2. The molecule has 0 aliphatic carbocycles. The molecule has 1 aromatic rings. The highest BCUT2D eigenvalue weighted by Gasteiger charge is 2.19. The van der Waals surface area contributed by atoms with Gasteiger partial charge in [0.15, 0.2) is 6.61 Å². The summed E-state index contributed by atoms with van der Waals surface area (Å²) in [7, 11) is 0. The van der Waals surface area contributed by atoms with Gasteiger partial charge in [-0.2, -0.15) is 0 Å². The van der Waals surface area contributed by atoms with E-state index in [0.717, 1.165) is 5.56 Å². The number of nitro groups is 1. The van der Waals surface area contributed by atoms with Crippen molar-refractivity contribution in [3.8, 4) is 5.75 Å². The summed E-state index contributed by atoms with van der Waals surface area (Å²) in [5.74, 6) is -0.439. The van der Waals surface area contributed by atoms with Gasteiger partial charge in [0.2, 0.25) is 5.75 Å². The Morgan fingerprint density at radius 1 is 1.39 bits per heavy atom.